The van der Waals surface area contributed by atoms with Crippen LogP contribution < -0.4 is 5.32 Å². The van der Waals surface area contributed by atoms with Crippen molar-refractivity contribution in [2.75, 3.05) is 6.61 Å². The zero-order valence-electron chi connectivity index (χ0n) is 10.7. The van der Waals surface area contributed by atoms with Crippen LogP contribution in [0.4, 0.5) is 0 Å². The van der Waals surface area contributed by atoms with Crippen molar-refractivity contribution in [3.63, 3.8) is 0 Å². The third kappa shape index (κ3) is 2.54. The second-order valence-electron chi connectivity index (χ2n) is 4.60. The number of rotatable bonds is 4. The van der Waals surface area contributed by atoms with Crippen LogP contribution in [0.15, 0.2) is 24.3 Å². The SMILES string of the molecule is Cc1[nH]c2ccccc2c1CC(=O)N[C@@H](C)CO. The monoisotopic (exact) mass is 246 g/mol. The van der Waals surface area contributed by atoms with E-state index in [1.807, 2.05) is 31.2 Å². The molecular weight excluding hydrogens is 228 g/mol. The average Bonchev–Trinajstić information content (AvgIpc) is 2.66. The molecule has 1 heterocycles. The summed E-state index contributed by atoms with van der Waals surface area (Å²) in [5, 5.41) is 12.8. The minimum Gasteiger partial charge on any atom is -0.394 e. The van der Waals surface area contributed by atoms with Crippen LogP contribution in [-0.4, -0.2) is 28.6 Å². The number of para-hydroxylation sites is 1. The topological polar surface area (TPSA) is 65.1 Å². The van der Waals surface area contributed by atoms with Gasteiger partial charge >= 0.3 is 0 Å². The predicted molar refractivity (Wildman–Crippen MR) is 71.4 cm³/mol. The summed E-state index contributed by atoms with van der Waals surface area (Å²) in [6.45, 7) is 3.71. The number of hydrogen-bond acceptors (Lipinski definition) is 2. The third-order valence-corrected chi connectivity index (χ3v) is 3.05. The number of H-pyrrole nitrogens is 1. The number of aryl methyl sites for hydroxylation is 1. The molecule has 0 fully saturated rings. The lowest BCUT2D eigenvalue weighted by Crippen LogP contribution is -2.36. The summed E-state index contributed by atoms with van der Waals surface area (Å²) < 4.78 is 0. The van der Waals surface area contributed by atoms with Crippen LogP contribution >= 0.6 is 0 Å². The smallest absolute Gasteiger partial charge is 0.224 e. The molecule has 96 valence electrons. The van der Waals surface area contributed by atoms with E-state index >= 15 is 0 Å². The molecule has 0 aliphatic rings. The van der Waals surface area contributed by atoms with E-state index in [1.54, 1.807) is 6.92 Å². The van der Waals surface area contributed by atoms with Crippen LogP contribution in [0.2, 0.25) is 0 Å². The van der Waals surface area contributed by atoms with Gasteiger partial charge in [-0.05, 0) is 25.5 Å². The van der Waals surface area contributed by atoms with E-state index in [1.165, 1.54) is 0 Å². The van der Waals surface area contributed by atoms with Crippen LogP contribution in [0.5, 0.6) is 0 Å². The standard InChI is InChI=1S/C14H18N2O2/c1-9(8-17)15-14(18)7-12-10(2)16-13-6-4-3-5-11(12)13/h3-6,9,16-17H,7-8H2,1-2H3,(H,15,18)/t9-/m0/s1. The van der Waals surface area contributed by atoms with Crippen LogP contribution in [0.3, 0.4) is 0 Å². The molecule has 0 aliphatic heterocycles. The van der Waals surface area contributed by atoms with E-state index in [-0.39, 0.29) is 18.6 Å². The highest BCUT2D eigenvalue weighted by Crippen LogP contribution is 2.22. The van der Waals surface area contributed by atoms with Gasteiger partial charge in [0.1, 0.15) is 0 Å². The summed E-state index contributed by atoms with van der Waals surface area (Å²) in [5.74, 6) is -0.0654. The molecule has 4 heteroatoms. The second-order valence-corrected chi connectivity index (χ2v) is 4.60. The molecule has 0 unspecified atom stereocenters. The Hall–Kier alpha value is -1.81. The Morgan fingerprint density at radius 2 is 2.17 bits per heavy atom. The highest BCUT2D eigenvalue weighted by molar-refractivity contribution is 5.90. The first-order valence-corrected chi connectivity index (χ1v) is 6.08. The van der Waals surface area contributed by atoms with Crippen molar-refractivity contribution in [2.45, 2.75) is 26.3 Å². The van der Waals surface area contributed by atoms with Crippen LogP contribution in [0, 0.1) is 6.92 Å². The molecule has 1 aromatic carbocycles. The molecule has 0 saturated carbocycles. The first kappa shape index (κ1) is 12.6. The first-order valence-electron chi connectivity index (χ1n) is 6.08. The Balaban J connectivity index is 2.21. The van der Waals surface area contributed by atoms with Gasteiger partial charge < -0.3 is 15.4 Å². The summed E-state index contributed by atoms with van der Waals surface area (Å²) in [6.07, 6.45) is 0.334. The fraction of sp³-hybridized carbons (Fsp3) is 0.357. The lowest BCUT2D eigenvalue weighted by atomic mass is 10.1. The van der Waals surface area contributed by atoms with Gasteiger partial charge in [-0.2, -0.15) is 0 Å². The zero-order chi connectivity index (χ0) is 13.1. The van der Waals surface area contributed by atoms with Crippen LogP contribution in [0.1, 0.15) is 18.2 Å². The molecule has 2 rings (SSSR count). The van der Waals surface area contributed by atoms with Gasteiger partial charge in [0.25, 0.3) is 0 Å². The molecule has 0 aliphatic carbocycles. The van der Waals surface area contributed by atoms with Gasteiger partial charge in [0.2, 0.25) is 5.91 Å². The molecule has 2 aromatic rings. The molecular formula is C14H18N2O2. The highest BCUT2D eigenvalue weighted by atomic mass is 16.3. The summed E-state index contributed by atoms with van der Waals surface area (Å²) in [5.41, 5.74) is 3.09. The quantitative estimate of drug-likeness (QED) is 0.765. The minimum absolute atomic E-state index is 0.0430. The molecule has 0 saturated heterocycles. The van der Waals surface area contributed by atoms with Crippen LogP contribution in [0.25, 0.3) is 10.9 Å². The number of amides is 1. The number of carbonyl (C=O) groups is 1. The van der Waals surface area contributed by atoms with E-state index in [2.05, 4.69) is 10.3 Å². The average molecular weight is 246 g/mol. The predicted octanol–water partition coefficient (Wildman–Crippen LogP) is 1.52. The Kier molecular flexibility index (Phi) is 3.67. The molecule has 1 atom stereocenters. The molecule has 0 radical (unpaired) electrons. The van der Waals surface area contributed by atoms with Gasteiger partial charge in [0, 0.05) is 22.6 Å². The Bertz CT molecular complexity index is 560. The molecule has 4 nitrogen and oxygen atoms in total. The van der Waals surface area contributed by atoms with E-state index in [0.29, 0.717) is 6.42 Å². The first-order chi connectivity index (χ1) is 8.61. The maximum atomic E-state index is 11.8. The van der Waals surface area contributed by atoms with Gasteiger partial charge in [0.15, 0.2) is 0 Å². The van der Waals surface area contributed by atoms with Crippen molar-refractivity contribution in [2.24, 2.45) is 0 Å². The Morgan fingerprint density at radius 3 is 2.89 bits per heavy atom. The van der Waals surface area contributed by atoms with E-state index in [9.17, 15) is 4.79 Å². The zero-order valence-corrected chi connectivity index (χ0v) is 10.7. The number of aliphatic hydroxyl groups excluding tert-OH is 1. The fourth-order valence-electron chi connectivity index (χ4n) is 2.09. The molecule has 18 heavy (non-hydrogen) atoms. The van der Waals surface area contributed by atoms with Gasteiger partial charge in [-0.25, -0.2) is 0 Å². The van der Waals surface area contributed by atoms with E-state index in [0.717, 1.165) is 22.2 Å². The highest BCUT2D eigenvalue weighted by Gasteiger charge is 2.13. The Morgan fingerprint density at radius 1 is 1.44 bits per heavy atom. The maximum Gasteiger partial charge on any atom is 0.224 e. The summed E-state index contributed by atoms with van der Waals surface area (Å²) in [6, 6.07) is 7.74. The van der Waals surface area contributed by atoms with E-state index < -0.39 is 0 Å². The molecule has 0 bridgehead atoms. The third-order valence-electron chi connectivity index (χ3n) is 3.05. The fourth-order valence-corrected chi connectivity index (χ4v) is 2.09. The van der Waals surface area contributed by atoms with Crippen LogP contribution in [-0.2, 0) is 11.2 Å². The van der Waals surface area contributed by atoms with Crippen molar-refractivity contribution in [1.82, 2.24) is 10.3 Å². The van der Waals surface area contributed by atoms with E-state index in [4.69, 9.17) is 5.11 Å². The number of fused-ring (bicyclic) bond motifs is 1. The lowest BCUT2D eigenvalue weighted by Gasteiger charge is -2.10. The number of aromatic amines is 1. The normalized spacial score (nSPS) is 12.6. The van der Waals surface area contributed by atoms with Gasteiger partial charge in [0.05, 0.1) is 13.0 Å². The van der Waals surface area contributed by atoms with Crippen molar-refractivity contribution >= 4 is 16.8 Å². The minimum atomic E-state index is -0.206. The number of carbonyl (C=O) groups excluding carboxylic acids is 1. The number of aromatic nitrogens is 1. The summed E-state index contributed by atoms with van der Waals surface area (Å²) >= 11 is 0. The molecule has 1 aromatic heterocycles. The maximum absolute atomic E-state index is 11.8. The number of hydrogen-bond donors (Lipinski definition) is 3. The van der Waals surface area contributed by atoms with Crippen molar-refractivity contribution in [3.8, 4) is 0 Å². The van der Waals surface area contributed by atoms with Crippen molar-refractivity contribution in [1.29, 1.82) is 0 Å². The van der Waals surface area contributed by atoms with Gasteiger partial charge in [-0.1, -0.05) is 18.2 Å². The van der Waals surface area contributed by atoms with Gasteiger partial charge in [-0.3, -0.25) is 4.79 Å². The number of aliphatic hydroxyl groups is 1. The lowest BCUT2D eigenvalue weighted by molar-refractivity contribution is -0.121. The molecule has 3 N–H and O–H groups in total. The molecule has 0 spiro atoms. The molecule has 1 amide bonds. The second kappa shape index (κ2) is 5.23. The van der Waals surface area contributed by atoms with Crippen molar-refractivity contribution in [3.05, 3.63) is 35.5 Å². The number of benzene rings is 1. The largest absolute Gasteiger partial charge is 0.394 e. The van der Waals surface area contributed by atoms with Crippen molar-refractivity contribution < 1.29 is 9.90 Å². The Labute approximate surface area is 106 Å². The summed E-state index contributed by atoms with van der Waals surface area (Å²) in [4.78, 5) is 15.1. The summed E-state index contributed by atoms with van der Waals surface area (Å²) in [7, 11) is 0. The number of nitrogens with one attached hydrogen (secondary N) is 2. The van der Waals surface area contributed by atoms with Gasteiger partial charge in [-0.15, -0.1) is 0 Å².